The van der Waals surface area contributed by atoms with E-state index in [0.29, 0.717) is 6.42 Å². The number of rotatable bonds is 3. The number of aromatic amines is 1. The summed E-state index contributed by atoms with van der Waals surface area (Å²) in [6.07, 6.45) is 0.400. The van der Waals surface area contributed by atoms with Crippen molar-refractivity contribution >= 4 is 5.97 Å². The molecule has 0 spiro atoms. The van der Waals surface area contributed by atoms with Crippen LogP contribution in [-0.2, 0) is 16.0 Å². The first-order valence-electron chi connectivity index (χ1n) is 3.97. The standard InChI is InChI=1S/C8H13N3O2/c1-5-3-6(11-10-5)4-7(9)8(12)13-2/h3,7H,4,9H2,1-2H3,(H,10,11). The quantitative estimate of drug-likeness (QED) is 0.634. The molecule has 0 saturated carbocycles. The van der Waals surface area contributed by atoms with Crippen LogP contribution in [-0.4, -0.2) is 29.3 Å². The summed E-state index contributed by atoms with van der Waals surface area (Å²) in [6.45, 7) is 1.89. The van der Waals surface area contributed by atoms with Crippen LogP contribution in [0.5, 0.6) is 0 Å². The van der Waals surface area contributed by atoms with Gasteiger partial charge in [-0.1, -0.05) is 0 Å². The molecule has 5 nitrogen and oxygen atoms in total. The van der Waals surface area contributed by atoms with Gasteiger partial charge < -0.3 is 10.5 Å². The fraction of sp³-hybridized carbons (Fsp3) is 0.500. The third-order valence-corrected chi connectivity index (χ3v) is 1.69. The molecule has 0 fully saturated rings. The van der Waals surface area contributed by atoms with Crippen LogP contribution in [0, 0.1) is 6.92 Å². The Labute approximate surface area is 76.3 Å². The lowest BCUT2D eigenvalue weighted by atomic mass is 10.1. The molecule has 1 atom stereocenters. The molecule has 0 amide bonds. The molecule has 1 unspecified atom stereocenters. The third-order valence-electron chi connectivity index (χ3n) is 1.69. The largest absolute Gasteiger partial charge is 0.468 e. The van der Waals surface area contributed by atoms with Crippen LogP contribution in [0.2, 0.25) is 0 Å². The number of aryl methyl sites for hydroxylation is 1. The van der Waals surface area contributed by atoms with Gasteiger partial charge in [-0.25, -0.2) is 0 Å². The summed E-state index contributed by atoms with van der Waals surface area (Å²) in [7, 11) is 1.32. The number of ether oxygens (including phenoxy) is 1. The van der Waals surface area contributed by atoms with Crippen LogP contribution < -0.4 is 5.73 Å². The van der Waals surface area contributed by atoms with Gasteiger partial charge >= 0.3 is 5.97 Å². The average Bonchev–Trinajstić information content (AvgIpc) is 2.49. The van der Waals surface area contributed by atoms with E-state index in [2.05, 4.69) is 14.9 Å². The topological polar surface area (TPSA) is 81.0 Å². The predicted molar refractivity (Wildman–Crippen MR) is 47.0 cm³/mol. The number of aromatic nitrogens is 2. The van der Waals surface area contributed by atoms with E-state index in [1.807, 2.05) is 13.0 Å². The number of hydrogen-bond acceptors (Lipinski definition) is 4. The van der Waals surface area contributed by atoms with E-state index in [4.69, 9.17) is 5.73 Å². The maximum absolute atomic E-state index is 10.9. The summed E-state index contributed by atoms with van der Waals surface area (Å²) < 4.78 is 4.49. The predicted octanol–water partition coefficient (Wildman–Crippen LogP) is -0.239. The lowest BCUT2D eigenvalue weighted by molar-refractivity contribution is -0.142. The van der Waals surface area contributed by atoms with Crippen molar-refractivity contribution in [3.8, 4) is 0 Å². The monoisotopic (exact) mass is 183 g/mol. The number of nitrogens with two attached hydrogens (primary N) is 1. The zero-order chi connectivity index (χ0) is 9.84. The highest BCUT2D eigenvalue weighted by Gasteiger charge is 2.15. The molecule has 13 heavy (non-hydrogen) atoms. The highest BCUT2D eigenvalue weighted by atomic mass is 16.5. The van der Waals surface area contributed by atoms with Gasteiger partial charge in [0.1, 0.15) is 6.04 Å². The molecular weight excluding hydrogens is 170 g/mol. The molecule has 0 aliphatic heterocycles. The van der Waals surface area contributed by atoms with Crippen molar-refractivity contribution in [2.75, 3.05) is 7.11 Å². The minimum absolute atomic E-state index is 0.400. The van der Waals surface area contributed by atoms with Gasteiger partial charge in [-0.3, -0.25) is 9.89 Å². The Hall–Kier alpha value is -1.36. The second kappa shape index (κ2) is 4.04. The summed E-state index contributed by atoms with van der Waals surface area (Å²) in [4.78, 5) is 10.9. The van der Waals surface area contributed by atoms with E-state index in [0.717, 1.165) is 11.4 Å². The lowest BCUT2D eigenvalue weighted by Crippen LogP contribution is -2.33. The zero-order valence-electron chi connectivity index (χ0n) is 7.70. The number of H-pyrrole nitrogens is 1. The maximum Gasteiger partial charge on any atom is 0.323 e. The van der Waals surface area contributed by atoms with Crippen LogP contribution >= 0.6 is 0 Å². The van der Waals surface area contributed by atoms with E-state index in [9.17, 15) is 4.79 Å². The Balaban J connectivity index is 2.54. The normalized spacial score (nSPS) is 12.5. The average molecular weight is 183 g/mol. The minimum atomic E-state index is -0.632. The van der Waals surface area contributed by atoms with Crippen LogP contribution in [0.25, 0.3) is 0 Å². The van der Waals surface area contributed by atoms with Crippen LogP contribution in [0.15, 0.2) is 6.07 Å². The first kappa shape index (κ1) is 9.73. The SMILES string of the molecule is COC(=O)C(N)Cc1cc(C)[nH]n1. The molecule has 0 bridgehead atoms. The molecular formula is C8H13N3O2. The van der Waals surface area contributed by atoms with Gasteiger partial charge in [0.25, 0.3) is 0 Å². The molecule has 1 rings (SSSR count). The van der Waals surface area contributed by atoms with Gasteiger partial charge in [0, 0.05) is 12.1 Å². The van der Waals surface area contributed by atoms with Crippen molar-refractivity contribution in [2.24, 2.45) is 5.73 Å². The fourth-order valence-electron chi connectivity index (χ4n) is 1.04. The smallest absolute Gasteiger partial charge is 0.323 e. The second-order valence-electron chi connectivity index (χ2n) is 2.88. The minimum Gasteiger partial charge on any atom is -0.468 e. The van der Waals surface area contributed by atoms with Crippen LogP contribution in [0.4, 0.5) is 0 Å². The van der Waals surface area contributed by atoms with Crippen molar-refractivity contribution in [2.45, 2.75) is 19.4 Å². The number of carbonyl (C=O) groups excluding carboxylic acids is 1. The molecule has 0 saturated heterocycles. The Morgan fingerprint density at radius 2 is 2.54 bits per heavy atom. The van der Waals surface area contributed by atoms with Gasteiger partial charge in [-0.2, -0.15) is 5.10 Å². The molecule has 72 valence electrons. The molecule has 3 N–H and O–H groups in total. The Morgan fingerprint density at radius 3 is 3.00 bits per heavy atom. The number of nitrogens with zero attached hydrogens (tertiary/aromatic N) is 1. The highest BCUT2D eigenvalue weighted by Crippen LogP contribution is 2.01. The third kappa shape index (κ3) is 2.55. The number of nitrogens with one attached hydrogen (secondary N) is 1. The van der Waals surface area contributed by atoms with Crippen LogP contribution in [0.1, 0.15) is 11.4 Å². The van der Waals surface area contributed by atoms with Gasteiger partial charge in [-0.15, -0.1) is 0 Å². The maximum atomic E-state index is 10.9. The van der Waals surface area contributed by atoms with Crippen molar-refractivity contribution in [3.05, 3.63) is 17.5 Å². The Bertz CT molecular complexity index is 295. The second-order valence-corrected chi connectivity index (χ2v) is 2.88. The molecule has 1 aromatic rings. The van der Waals surface area contributed by atoms with Gasteiger partial charge in [-0.05, 0) is 13.0 Å². The molecule has 0 aliphatic carbocycles. The molecule has 1 heterocycles. The Morgan fingerprint density at radius 1 is 1.85 bits per heavy atom. The number of methoxy groups -OCH3 is 1. The van der Waals surface area contributed by atoms with E-state index >= 15 is 0 Å². The van der Waals surface area contributed by atoms with Crippen molar-refractivity contribution in [1.29, 1.82) is 0 Å². The molecule has 5 heteroatoms. The molecule has 1 aromatic heterocycles. The first-order chi connectivity index (χ1) is 6.13. The number of carbonyl (C=O) groups is 1. The lowest BCUT2D eigenvalue weighted by Gasteiger charge is -2.05. The molecule has 0 radical (unpaired) electrons. The van der Waals surface area contributed by atoms with Gasteiger partial charge in [0.15, 0.2) is 0 Å². The van der Waals surface area contributed by atoms with E-state index < -0.39 is 12.0 Å². The fourth-order valence-corrected chi connectivity index (χ4v) is 1.04. The van der Waals surface area contributed by atoms with Gasteiger partial charge in [0.05, 0.1) is 12.8 Å². The molecule has 0 aromatic carbocycles. The van der Waals surface area contributed by atoms with Crippen molar-refractivity contribution in [3.63, 3.8) is 0 Å². The summed E-state index contributed by atoms with van der Waals surface area (Å²) in [6, 6.07) is 1.22. The zero-order valence-corrected chi connectivity index (χ0v) is 7.70. The summed E-state index contributed by atoms with van der Waals surface area (Å²) in [5, 5.41) is 6.73. The van der Waals surface area contributed by atoms with E-state index in [1.54, 1.807) is 0 Å². The molecule has 0 aliphatic rings. The number of hydrogen-bond donors (Lipinski definition) is 2. The van der Waals surface area contributed by atoms with E-state index in [-0.39, 0.29) is 0 Å². The van der Waals surface area contributed by atoms with E-state index in [1.165, 1.54) is 7.11 Å². The number of esters is 1. The first-order valence-corrected chi connectivity index (χ1v) is 3.97. The van der Waals surface area contributed by atoms with Gasteiger partial charge in [0.2, 0.25) is 0 Å². The van der Waals surface area contributed by atoms with Crippen LogP contribution in [0.3, 0.4) is 0 Å². The summed E-state index contributed by atoms with van der Waals surface area (Å²) in [5.74, 6) is -0.416. The highest BCUT2D eigenvalue weighted by molar-refractivity contribution is 5.75. The van der Waals surface area contributed by atoms with Crippen molar-refractivity contribution < 1.29 is 9.53 Å². The summed E-state index contributed by atoms with van der Waals surface area (Å²) in [5.41, 5.74) is 7.27. The Kier molecular flexibility index (Phi) is 3.02. The summed E-state index contributed by atoms with van der Waals surface area (Å²) >= 11 is 0. The van der Waals surface area contributed by atoms with Crippen molar-refractivity contribution in [1.82, 2.24) is 10.2 Å².